The summed E-state index contributed by atoms with van der Waals surface area (Å²) in [4.78, 5) is 26.8. The normalized spacial score (nSPS) is 18.7. The molecule has 0 unspecified atom stereocenters. The number of piperidine rings is 1. The lowest BCUT2D eigenvalue weighted by Crippen LogP contribution is -2.50. The second-order valence-electron chi connectivity index (χ2n) is 7.87. The standard InChI is InChI=1S/C23H27ClN2O4/c1-16-12-17(8-9-19(16)24)30-15-23(13-21(25)27)10-5-11-26(14-23)22(28)18-6-3-4-7-20(18)29-2/h3-4,6-9,12H,5,10-11,13-15H2,1-2H3,(H2,25,27)/t23-/m0/s1. The van der Waals surface area contributed by atoms with Crippen LogP contribution in [0.3, 0.4) is 0 Å². The van der Waals surface area contributed by atoms with Gasteiger partial charge in [0.1, 0.15) is 11.5 Å². The van der Waals surface area contributed by atoms with Gasteiger partial charge < -0.3 is 20.1 Å². The van der Waals surface area contributed by atoms with Crippen molar-refractivity contribution in [3.63, 3.8) is 0 Å². The average Bonchev–Trinajstić information content (AvgIpc) is 2.73. The molecule has 1 heterocycles. The Morgan fingerprint density at radius 3 is 2.70 bits per heavy atom. The molecule has 0 radical (unpaired) electrons. The number of amides is 2. The van der Waals surface area contributed by atoms with Gasteiger partial charge in [-0.15, -0.1) is 0 Å². The van der Waals surface area contributed by atoms with Crippen LogP contribution in [0.1, 0.15) is 35.2 Å². The Morgan fingerprint density at radius 2 is 2.00 bits per heavy atom. The number of aryl methyl sites for hydroxylation is 1. The molecule has 0 aliphatic carbocycles. The van der Waals surface area contributed by atoms with Gasteiger partial charge in [0, 0.05) is 29.9 Å². The van der Waals surface area contributed by atoms with E-state index < -0.39 is 11.3 Å². The molecule has 2 amide bonds. The lowest BCUT2D eigenvalue weighted by Gasteiger charge is -2.42. The predicted octanol–water partition coefficient (Wildman–Crippen LogP) is 3.83. The highest BCUT2D eigenvalue weighted by molar-refractivity contribution is 6.31. The fourth-order valence-corrected chi connectivity index (χ4v) is 4.12. The zero-order valence-electron chi connectivity index (χ0n) is 17.3. The van der Waals surface area contributed by atoms with E-state index in [4.69, 9.17) is 26.8 Å². The summed E-state index contributed by atoms with van der Waals surface area (Å²) in [5.74, 6) is 0.677. The number of likely N-dealkylation sites (tertiary alicyclic amines) is 1. The summed E-state index contributed by atoms with van der Waals surface area (Å²) in [6.45, 7) is 3.19. The van der Waals surface area contributed by atoms with Gasteiger partial charge in [-0.3, -0.25) is 9.59 Å². The van der Waals surface area contributed by atoms with E-state index in [0.29, 0.717) is 35.2 Å². The lowest BCUT2D eigenvalue weighted by molar-refractivity contribution is -0.122. The minimum absolute atomic E-state index is 0.122. The number of hydrogen-bond acceptors (Lipinski definition) is 4. The number of nitrogens with zero attached hydrogens (tertiary/aromatic N) is 1. The van der Waals surface area contributed by atoms with Crippen molar-refractivity contribution in [2.45, 2.75) is 26.2 Å². The molecule has 1 atom stereocenters. The first-order chi connectivity index (χ1) is 14.3. The van der Waals surface area contributed by atoms with Gasteiger partial charge in [0.25, 0.3) is 5.91 Å². The van der Waals surface area contributed by atoms with Crippen LogP contribution in [-0.2, 0) is 4.79 Å². The van der Waals surface area contributed by atoms with Crippen molar-refractivity contribution < 1.29 is 19.1 Å². The molecule has 0 spiro atoms. The Bertz CT molecular complexity index is 933. The summed E-state index contributed by atoms with van der Waals surface area (Å²) in [7, 11) is 1.54. The molecular formula is C23H27ClN2O4. The first kappa shape index (κ1) is 22.0. The number of nitrogens with two attached hydrogens (primary N) is 1. The molecule has 1 saturated heterocycles. The third kappa shape index (κ3) is 5.05. The molecule has 7 heteroatoms. The number of primary amides is 1. The summed E-state index contributed by atoms with van der Waals surface area (Å²) in [6.07, 6.45) is 1.66. The number of ether oxygens (including phenoxy) is 2. The van der Waals surface area contributed by atoms with Crippen molar-refractivity contribution in [1.82, 2.24) is 4.90 Å². The van der Waals surface area contributed by atoms with Crippen LogP contribution in [0.25, 0.3) is 0 Å². The van der Waals surface area contributed by atoms with Crippen molar-refractivity contribution in [3.8, 4) is 11.5 Å². The first-order valence-electron chi connectivity index (χ1n) is 9.93. The second kappa shape index (κ2) is 9.39. The molecule has 6 nitrogen and oxygen atoms in total. The number of para-hydroxylation sites is 1. The summed E-state index contributed by atoms with van der Waals surface area (Å²) >= 11 is 6.09. The van der Waals surface area contributed by atoms with Gasteiger partial charge in [-0.1, -0.05) is 23.7 Å². The van der Waals surface area contributed by atoms with E-state index in [0.717, 1.165) is 18.4 Å². The van der Waals surface area contributed by atoms with Gasteiger partial charge in [-0.05, 0) is 55.7 Å². The average molecular weight is 431 g/mol. The van der Waals surface area contributed by atoms with Crippen LogP contribution in [0.2, 0.25) is 5.02 Å². The zero-order chi connectivity index (χ0) is 21.7. The molecule has 30 heavy (non-hydrogen) atoms. The van der Waals surface area contributed by atoms with Crippen molar-refractivity contribution in [1.29, 1.82) is 0 Å². The van der Waals surface area contributed by atoms with Gasteiger partial charge in [0.05, 0.1) is 19.3 Å². The van der Waals surface area contributed by atoms with Crippen LogP contribution in [0.4, 0.5) is 0 Å². The SMILES string of the molecule is COc1ccccc1C(=O)N1CCC[C@](COc2ccc(Cl)c(C)c2)(CC(N)=O)C1. The predicted molar refractivity (Wildman–Crippen MR) is 116 cm³/mol. The Balaban J connectivity index is 1.80. The largest absolute Gasteiger partial charge is 0.496 e. The lowest BCUT2D eigenvalue weighted by atomic mass is 9.77. The second-order valence-corrected chi connectivity index (χ2v) is 8.28. The molecule has 1 aliphatic heterocycles. The van der Waals surface area contributed by atoms with Crippen molar-refractivity contribution in [2.24, 2.45) is 11.1 Å². The number of halogens is 1. The minimum atomic E-state index is -0.546. The molecule has 2 aromatic rings. The van der Waals surface area contributed by atoms with Gasteiger partial charge in [-0.25, -0.2) is 0 Å². The maximum absolute atomic E-state index is 13.2. The molecule has 2 N–H and O–H groups in total. The molecule has 3 rings (SSSR count). The van der Waals surface area contributed by atoms with Crippen LogP contribution in [0.5, 0.6) is 11.5 Å². The number of benzene rings is 2. The van der Waals surface area contributed by atoms with E-state index in [1.807, 2.05) is 25.1 Å². The first-order valence-corrected chi connectivity index (χ1v) is 10.3. The topological polar surface area (TPSA) is 81.9 Å². The molecule has 1 fully saturated rings. The fraction of sp³-hybridized carbons (Fsp3) is 0.391. The Labute approximate surface area is 181 Å². The van der Waals surface area contributed by atoms with Crippen LogP contribution in [0, 0.1) is 12.3 Å². The molecule has 0 saturated carbocycles. The van der Waals surface area contributed by atoms with Crippen molar-refractivity contribution >= 4 is 23.4 Å². The highest BCUT2D eigenvalue weighted by Crippen LogP contribution is 2.36. The Hall–Kier alpha value is -2.73. The van der Waals surface area contributed by atoms with Crippen LogP contribution < -0.4 is 15.2 Å². The summed E-state index contributed by atoms with van der Waals surface area (Å²) < 4.78 is 11.4. The third-order valence-electron chi connectivity index (χ3n) is 5.51. The maximum atomic E-state index is 13.2. The maximum Gasteiger partial charge on any atom is 0.257 e. The molecule has 2 aromatic carbocycles. The van der Waals surface area contributed by atoms with E-state index in [9.17, 15) is 9.59 Å². The monoisotopic (exact) mass is 430 g/mol. The van der Waals surface area contributed by atoms with Gasteiger partial charge in [0.15, 0.2) is 0 Å². The summed E-state index contributed by atoms with van der Waals surface area (Å²) in [6, 6.07) is 12.6. The van der Waals surface area contributed by atoms with Crippen LogP contribution in [0.15, 0.2) is 42.5 Å². The Kier molecular flexibility index (Phi) is 6.87. The number of carbonyl (C=O) groups is 2. The van der Waals surface area contributed by atoms with E-state index in [2.05, 4.69) is 0 Å². The molecular weight excluding hydrogens is 404 g/mol. The number of hydrogen-bond donors (Lipinski definition) is 1. The van der Waals surface area contributed by atoms with E-state index in [1.54, 1.807) is 36.3 Å². The highest BCUT2D eigenvalue weighted by atomic mass is 35.5. The smallest absolute Gasteiger partial charge is 0.257 e. The molecule has 1 aliphatic rings. The fourth-order valence-electron chi connectivity index (χ4n) is 4.00. The van der Waals surface area contributed by atoms with Gasteiger partial charge in [-0.2, -0.15) is 0 Å². The minimum Gasteiger partial charge on any atom is -0.496 e. The van der Waals surface area contributed by atoms with Crippen molar-refractivity contribution in [3.05, 3.63) is 58.6 Å². The van der Waals surface area contributed by atoms with Crippen molar-refractivity contribution in [2.75, 3.05) is 26.8 Å². The summed E-state index contributed by atoms with van der Waals surface area (Å²) in [5, 5.41) is 0.667. The van der Waals surface area contributed by atoms with Gasteiger partial charge in [0.2, 0.25) is 5.91 Å². The van der Waals surface area contributed by atoms with E-state index in [1.165, 1.54) is 0 Å². The molecule has 0 bridgehead atoms. The number of methoxy groups -OCH3 is 1. The van der Waals surface area contributed by atoms with Crippen LogP contribution in [-0.4, -0.2) is 43.5 Å². The third-order valence-corrected chi connectivity index (χ3v) is 5.93. The highest BCUT2D eigenvalue weighted by Gasteiger charge is 2.40. The van der Waals surface area contributed by atoms with Crippen LogP contribution >= 0.6 is 11.6 Å². The molecule has 0 aromatic heterocycles. The number of carbonyl (C=O) groups excluding carboxylic acids is 2. The quantitative estimate of drug-likeness (QED) is 0.723. The van der Waals surface area contributed by atoms with E-state index in [-0.39, 0.29) is 18.9 Å². The summed E-state index contributed by atoms with van der Waals surface area (Å²) in [5.41, 5.74) is 6.43. The molecule has 160 valence electrons. The van der Waals surface area contributed by atoms with E-state index >= 15 is 0 Å². The zero-order valence-corrected chi connectivity index (χ0v) is 18.1. The Morgan fingerprint density at radius 1 is 1.23 bits per heavy atom. The number of rotatable bonds is 7. The van der Waals surface area contributed by atoms with Gasteiger partial charge >= 0.3 is 0 Å².